The summed E-state index contributed by atoms with van der Waals surface area (Å²) in [7, 11) is 0. The molecule has 2 aromatic carbocycles. The van der Waals surface area contributed by atoms with E-state index in [0.717, 1.165) is 16.7 Å². The van der Waals surface area contributed by atoms with E-state index in [9.17, 15) is 9.59 Å². The first-order chi connectivity index (χ1) is 16.1. The predicted molar refractivity (Wildman–Crippen MR) is 122 cm³/mol. The molecule has 0 saturated heterocycles. The monoisotopic (exact) mass is 442 g/mol. The second kappa shape index (κ2) is 10.4. The number of Topliss-reactive ketones (excluding diaryl/α,β-unsaturated/α-hetero) is 1. The number of ether oxygens (including phenoxy) is 2. The summed E-state index contributed by atoms with van der Waals surface area (Å²) < 4.78 is 15.3. The Hall–Kier alpha value is -4.26. The molecule has 0 bridgehead atoms. The van der Waals surface area contributed by atoms with Crippen molar-refractivity contribution in [3.63, 3.8) is 0 Å². The lowest BCUT2D eigenvalue weighted by Gasteiger charge is -2.04. The van der Waals surface area contributed by atoms with Gasteiger partial charge in [0.05, 0.1) is 12.8 Å². The van der Waals surface area contributed by atoms with Gasteiger partial charge in [0.15, 0.2) is 5.76 Å². The Balaban J connectivity index is 1.37. The van der Waals surface area contributed by atoms with Crippen molar-refractivity contribution in [2.75, 3.05) is 6.61 Å². The van der Waals surface area contributed by atoms with Crippen molar-refractivity contribution in [2.24, 2.45) is 0 Å². The summed E-state index contributed by atoms with van der Waals surface area (Å²) in [6, 6.07) is 23.1. The molecule has 0 N–H and O–H groups in total. The Kier molecular flexibility index (Phi) is 6.90. The number of hydrogen-bond donors (Lipinski definition) is 0. The van der Waals surface area contributed by atoms with Crippen LogP contribution in [0.4, 0.5) is 4.79 Å². The van der Waals surface area contributed by atoms with Crippen LogP contribution in [0, 0.1) is 0 Å². The molecule has 0 aliphatic rings. The summed E-state index contributed by atoms with van der Waals surface area (Å²) in [5, 5.41) is 0. The van der Waals surface area contributed by atoms with Gasteiger partial charge in [0, 0.05) is 12.5 Å². The molecular weight excluding hydrogens is 420 g/mol. The number of carbonyl (C=O) groups is 2. The number of aromatic nitrogens is 2. The summed E-state index contributed by atoms with van der Waals surface area (Å²) in [6.07, 6.45) is 1.43. The van der Waals surface area contributed by atoms with Gasteiger partial charge < -0.3 is 13.9 Å². The second-order valence-electron chi connectivity index (χ2n) is 7.16. The van der Waals surface area contributed by atoms with E-state index in [1.807, 2.05) is 30.3 Å². The van der Waals surface area contributed by atoms with E-state index < -0.39 is 6.16 Å². The molecule has 0 saturated carbocycles. The maximum Gasteiger partial charge on any atom is 0.515 e. The normalized spacial score (nSPS) is 10.6. The van der Waals surface area contributed by atoms with Crippen molar-refractivity contribution in [3.05, 3.63) is 90.4 Å². The van der Waals surface area contributed by atoms with E-state index in [-0.39, 0.29) is 30.6 Å². The van der Waals surface area contributed by atoms with E-state index in [0.29, 0.717) is 17.9 Å². The van der Waals surface area contributed by atoms with Gasteiger partial charge in [0.2, 0.25) is 11.7 Å². The zero-order valence-electron chi connectivity index (χ0n) is 18.1. The van der Waals surface area contributed by atoms with Gasteiger partial charge in [-0.15, -0.1) is 0 Å². The highest BCUT2D eigenvalue weighted by atomic mass is 16.7. The smallest absolute Gasteiger partial charge is 0.434 e. The third kappa shape index (κ3) is 5.71. The molecule has 2 aromatic heterocycles. The third-order valence-electron chi connectivity index (χ3n) is 4.87. The zero-order chi connectivity index (χ0) is 23.0. The van der Waals surface area contributed by atoms with Gasteiger partial charge in [-0.3, -0.25) is 4.79 Å². The highest BCUT2D eigenvalue weighted by Gasteiger charge is 2.16. The van der Waals surface area contributed by atoms with Crippen molar-refractivity contribution in [3.8, 4) is 28.5 Å². The van der Waals surface area contributed by atoms with E-state index >= 15 is 0 Å². The Bertz CT molecular complexity index is 1230. The van der Waals surface area contributed by atoms with Gasteiger partial charge >= 0.3 is 6.16 Å². The molecule has 0 aliphatic heterocycles. The van der Waals surface area contributed by atoms with Crippen LogP contribution in [0.2, 0.25) is 0 Å². The predicted octanol–water partition coefficient (Wildman–Crippen LogP) is 5.75. The van der Waals surface area contributed by atoms with Crippen LogP contribution in [0.15, 0.2) is 83.4 Å². The molecule has 0 unspecified atom stereocenters. The quantitative estimate of drug-likeness (QED) is 0.253. The summed E-state index contributed by atoms with van der Waals surface area (Å²) >= 11 is 0. The highest BCUT2D eigenvalue weighted by Crippen LogP contribution is 2.23. The molecule has 7 nitrogen and oxygen atoms in total. The van der Waals surface area contributed by atoms with Crippen LogP contribution in [-0.2, 0) is 11.2 Å². The van der Waals surface area contributed by atoms with Gasteiger partial charge in [-0.05, 0) is 36.1 Å². The Morgan fingerprint density at radius 1 is 0.909 bits per heavy atom. The maximum absolute atomic E-state index is 12.6. The number of rotatable bonds is 8. The van der Waals surface area contributed by atoms with Crippen LogP contribution in [0.25, 0.3) is 22.6 Å². The average Bonchev–Trinajstić information content (AvgIpc) is 3.34. The van der Waals surface area contributed by atoms with E-state index in [1.165, 1.54) is 12.3 Å². The number of carbonyl (C=O) groups excluding carboxylic acids is 2. The first-order valence-corrected chi connectivity index (χ1v) is 10.6. The van der Waals surface area contributed by atoms with E-state index in [4.69, 9.17) is 13.9 Å². The van der Waals surface area contributed by atoms with Crippen molar-refractivity contribution >= 4 is 11.9 Å². The lowest BCUT2D eigenvalue weighted by atomic mass is 10.0. The second-order valence-corrected chi connectivity index (χ2v) is 7.16. The lowest BCUT2D eigenvalue weighted by molar-refractivity contribution is 0.0949. The van der Waals surface area contributed by atoms with Crippen molar-refractivity contribution < 1.29 is 23.5 Å². The molecule has 0 aliphatic carbocycles. The number of ketones is 1. The number of pyridine rings is 1. The standard InChI is InChI=1S/C26H22N2O5/c1-2-31-26(30)33-24-10-6-9-21(28-24)23-17-27-25(32-23)22(29)16-13-18-11-14-20(15-12-18)19-7-4-3-5-8-19/h3-12,14-15,17H,2,13,16H2,1H3. The highest BCUT2D eigenvalue weighted by molar-refractivity contribution is 5.92. The number of nitrogens with zero attached hydrogens (tertiary/aromatic N) is 2. The van der Waals surface area contributed by atoms with E-state index in [2.05, 4.69) is 34.2 Å². The molecule has 0 fully saturated rings. The Labute approximate surface area is 191 Å². The molecular formula is C26H22N2O5. The third-order valence-corrected chi connectivity index (χ3v) is 4.87. The largest absolute Gasteiger partial charge is 0.515 e. The molecule has 0 spiro atoms. The van der Waals surface area contributed by atoms with E-state index in [1.54, 1.807) is 19.1 Å². The minimum absolute atomic E-state index is 0.0180. The SMILES string of the molecule is CCOC(=O)Oc1cccc(-c2cnc(C(=O)CCc3ccc(-c4ccccc4)cc3)o2)n1. The van der Waals surface area contributed by atoms with Gasteiger partial charge in [0.1, 0.15) is 5.69 Å². The Morgan fingerprint density at radius 3 is 2.42 bits per heavy atom. The number of benzene rings is 2. The molecule has 33 heavy (non-hydrogen) atoms. The van der Waals surface area contributed by atoms with Crippen LogP contribution < -0.4 is 4.74 Å². The molecule has 0 radical (unpaired) electrons. The molecule has 0 atom stereocenters. The molecule has 4 aromatic rings. The van der Waals surface area contributed by atoms with Crippen LogP contribution in [0.1, 0.15) is 29.6 Å². The van der Waals surface area contributed by atoms with Gasteiger partial charge in [-0.2, -0.15) is 0 Å². The summed E-state index contributed by atoms with van der Waals surface area (Å²) in [5.74, 6) is 0.186. The minimum Gasteiger partial charge on any atom is -0.434 e. The lowest BCUT2D eigenvalue weighted by Crippen LogP contribution is -2.10. The number of aryl methyl sites for hydroxylation is 1. The van der Waals surface area contributed by atoms with Crippen molar-refractivity contribution in [1.82, 2.24) is 9.97 Å². The van der Waals surface area contributed by atoms with Crippen LogP contribution >= 0.6 is 0 Å². The molecule has 2 heterocycles. The first kappa shape index (κ1) is 22.0. The summed E-state index contributed by atoms with van der Waals surface area (Å²) in [4.78, 5) is 32.3. The Morgan fingerprint density at radius 2 is 1.67 bits per heavy atom. The van der Waals surface area contributed by atoms with Gasteiger partial charge in [0.25, 0.3) is 5.89 Å². The number of oxazole rings is 1. The topological polar surface area (TPSA) is 91.5 Å². The number of hydrogen-bond acceptors (Lipinski definition) is 7. The van der Waals surface area contributed by atoms with Crippen LogP contribution in [0.3, 0.4) is 0 Å². The van der Waals surface area contributed by atoms with Crippen molar-refractivity contribution in [1.29, 1.82) is 0 Å². The zero-order valence-corrected chi connectivity index (χ0v) is 18.1. The fourth-order valence-electron chi connectivity index (χ4n) is 3.22. The van der Waals surface area contributed by atoms with Crippen LogP contribution in [-0.4, -0.2) is 28.5 Å². The summed E-state index contributed by atoms with van der Waals surface area (Å²) in [6.45, 7) is 1.88. The minimum atomic E-state index is -0.840. The van der Waals surface area contributed by atoms with Gasteiger partial charge in [-0.1, -0.05) is 60.7 Å². The molecule has 0 amide bonds. The van der Waals surface area contributed by atoms with Gasteiger partial charge in [-0.25, -0.2) is 14.8 Å². The van der Waals surface area contributed by atoms with Crippen LogP contribution in [0.5, 0.6) is 5.88 Å². The molecule has 166 valence electrons. The molecule has 4 rings (SSSR count). The fraction of sp³-hybridized carbons (Fsp3) is 0.154. The molecule has 7 heteroatoms. The van der Waals surface area contributed by atoms with Crippen molar-refractivity contribution in [2.45, 2.75) is 19.8 Å². The maximum atomic E-state index is 12.6. The summed E-state index contributed by atoms with van der Waals surface area (Å²) in [5.41, 5.74) is 3.72. The fourth-order valence-corrected chi connectivity index (χ4v) is 3.22. The first-order valence-electron chi connectivity index (χ1n) is 10.6. The average molecular weight is 442 g/mol.